The van der Waals surface area contributed by atoms with Crippen LogP contribution in [-0.4, -0.2) is 23.2 Å². The number of hydrogen-bond donors (Lipinski definition) is 1. The summed E-state index contributed by atoms with van der Waals surface area (Å²) in [6.07, 6.45) is 7.56. The maximum absolute atomic E-state index is 6.06. The fourth-order valence-corrected chi connectivity index (χ4v) is 4.01. The summed E-state index contributed by atoms with van der Waals surface area (Å²) in [5, 5.41) is 7.00. The highest BCUT2D eigenvalue weighted by molar-refractivity contribution is 7.09. The quantitative estimate of drug-likeness (QED) is 0.913. The minimum absolute atomic E-state index is 0.217. The average molecular weight is 266 g/mol. The van der Waals surface area contributed by atoms with E-state index in [-0.39, 0.29) is 5.60 Å². The smallest absolute Gasteiger partial charge is 0.107 e. The molecule has 1 N–H and O–H groups in total. The first-order valence-electron chi connectivity index (χ1n) is 7.04. The normalized spacial score (nSPS) is 26.8. The molecule has 1 aromatic rings. The number of thiazole rings is 1. The van der Waals surface area contributed by atoms with Crippen LogP contribution in [0.5, 0.6) is 0 Å². The summed E-state index contributed by atoms with van der Waals surface area (Å²) < 4.78 is 6.06. The number of nitrogens with zero attached hydrogens (tertiary/aromatic N) is 1. The van der Waals surface area contributed by atoms with Crippen LogP contribution in [0.1, 0.15) is 49.2 Å². The van der Waals surface area contributed by atoms with Crippen molar-refractivity contribution in [3.05, 3.63) is 16.1 Å². The largest absolute Gasteiger partial charge is 0.375 e. The van der Waals surface area contributed by atoms with E-state index in [4.69, 9.17) is 4.74 Å². The molecule has 0 bridgehead atoms. The number of rotatable bonds is 3. The van der Waals surface area contributed by atoms with Gasteiger partial charge >= 0.3 is 0 Å². The minimum Gasteiger partial charge on any atom is -0.375 e. The molecular formula is C14H22N2OS. The minimum atomic E-state index is 0.217. The van der Waals surface area contributed by atoms with Gasteiger partial charge in [-0.2, -0.15) is 0 Å². The maximum atomic E-state index is 6.06. The molecule has 1 atom stereocenters. The summed E-state index contributed by atoms with van der Waals surface area (Å²) in [6.45, 7) is 3.90. The molecular weight excluding hydrogens is 244 g/mol. The molecule has 3 nitrogen and oxygen atoms in total. The van der Waals surface area contributed by atoms with Crippen molar-refractivity contribution in [2.75, 3.05) is 6.61 Å². The lowest BCUT2D eigenvalue weighted by Crippen LogP contribution is -2.45. The Balaban J connectivity index is 1.53. The fraction of sp³-hybridized carbons (Fsp3) is 0.786. The molecule has 2 fully saturated rings. The third-order valence-corrected chi connectivity index (χ3v) is 5.18. The Kier molecular flexibility index (Phi) is 3.68. The second-order valence-electron chi connectivity index (χ2n) is 5.69. The summed E-state index contributed by atoms with van der Waals surface area (Å²) in [4.78, 5) is 4.51. The molecule has 1 aliphatic heterocycles. The van der Waals surface area contributed by atoms with E-state index < -0.39 is 0 Å². The van der Waals surface area contributed by atoms with Gasteiger partial charge in [-0.1, -0.05) is 12.8 Å². The zero-order chi connectivity index (χ0) is 12.4. The van der Waals surface area contributed by atoms with Crippen LogP contribution in [0.15, 0.2) is 5.38 Å². The lowest BCUT2D eigenvalue weighted by Gasteiger charge is -2.38. The van der Waals surface area contributed by atoms with Crippen molar-refractivity contribution in [2.24, 2.45) is 0 Å². The van der Waals surface area contributed by atoms with Gasteiger partial charge in [0.05, 0.1) is 5.60 Å². The zero-order valence-corrected chi connectivity index (χ0v) is 11.9. The van der Waals surface area contributed by atoms with Crippen LogP contribution >= 0.6 is 11.3 Å². The van der Waals surface area contributed by atoms with Gasteiger partial charge < -0.3 is 10.1 Å². The van der Waals surface area contributed by atoms with Crippen molar-refractivity contribution in [3.8, 4) is 0 Å². The van der Waals surface area contributed by atoms with Crippen molar-refractivity contribution in [3.63, 3.8) is 0 Å². The van der Waals surface area contributed by atoms with Gasteiger partial charge in [-0.25, -0.2) is 4.98 Å². The highest BCUT2D eigenvalue weighted by Crippen LogP contribution is 2.39. The van der Waals surface area contributed by atoms with Crippen LogP contribution in [0.25, 0.3) is 0 Å². The number of aryl methyl sites for hydroxylation is 1. The summed E-state index contributed by atoms with van der Waals surface area (Å²) in [5.41, 5.74) is 1.35. The number of ether oxygens (including phenoxy) is 1. The molecule has 2 aliphatic rings. The maximum Gasteiger partial charge on any atom is 0.107 e. The first-order chi connectivity index (χ1) is 8.76. The number of hydrogen-bond acceptors (Lipinski definition) is 4. The summed E-state index contributed by atoms with van der Waals surface area (Å²) >= 11 is 1.76. The Hall–Kier alpha value is -0.450. The Morgan fingerprint density at radius 1 is 1.50 bits per heavy atom. The van der Waals surface area contributed by atoms with Crippen molar-refractivity contribution >= 4 is 11.3 Å². The molecule has 3 rings (SSSR count). The van der Waals surface area contributed by atoms with E-state index in [1.807, 2.05) is 0 Å². The third-order valence-electron chi connectivity index (χ3n) is 4.22. The molecule has 0 aromatic carbocycles. The monoisotopic (exact) mass is 266 g/mol. The van der Waals surface area contributed by atoms with Crippen molar-refractivity contribution in [2.45, 2.75) is 63.6 Å². The van der Waals surface area contributed by atoms with E-state index in [0.29, 0.717) is 6.04 Å². The van der Waals surface area contributed by atoms with Gasteiger partial charge in [-0.15, -0.1) is 11.3 Å². The van der Waals surface area contributed by atoms with Crippen LogP contribution < -0.4 is 5.32 Å². The Morgan fingerprint density at radius 2 is 2.33 bits per heavy atom. The summed E-state index contributed by atoms with van der Waals surface area (Å²) in [7, 11) is 0. The number of nitrogens with one attached hydrogen (secondary N) is 1. The molecule has 18 heavy (non-hydrogen) atoms. The predicted octanol–water partition coefficient (Wildman–Crippen LogP) is 3.03. The summed E-state index contributed by atoms with van der Waals surface area (Å²) in [6, 6.07) is 0.612. The second kappa shape index (κ2) is 5.27. The van der Waals surface area contributed by atoms with Gasteiger partial charge in [0, 0.05) is 30.3 Å². The van der Waals surface area contributed by atoms with E-state index in [9.17, 15) is 0 Å². The first kappa shape index (κ1) is 12.6. The Labute approximate surface area is 113 Å². The molecule has 0 radical (unpaired) electrons. The Morgan fingerprint density at radius 3 is 3.06 bits per heavy atom. The van der Waals surface area contributed by atoms with Gasteiger partial charge in [0.2, 0.25) is 0 Å². The lowest BCUT2D eigenvalue weighted by molar-refractivity contribution is -0.0837. The molecule has 0 amide bonds. The van der Waals surface area contributed by atoms with Gasteiger partial charge in [0.1, 0.15) is 5.01 Å². The molecule has 1 aromatic heterocycles. The van der Waals surface area contributed by atoms with E-state index in [2.05, 4.69) is 22.6 Å². The predicted molar refractivity (Wildman–Crippen MR) is 73.9 cm³/mol. The molecule has 1 unspecified atom stereocenters. The van der Waals surface area contributed by atoms with Crippen LogP contribution in [0.3, 0.4) is 0 Å². The first-order valence-corrected chi connectivity index (χ1v) is 7.92. The van der Waals surface area contributed by atoms with Crippen molar-refractivity contribution in [1.82, 2.24) is 10.3 Å². The van der Waals surface area contributed by atoms with Gasteiger partial charge in [-0.3, -0.25) is 0 Å². The van der Waals surface area contributed by atoms with Crippen LogP contribution in [0.2, 0.25) is 0 Å². The van der Waals surface area contributed by atoms with Crippen molar-refractivity contribution in [1.29, 1.82) is 0 Å². The summed E-state index contributed by atoms with van der Waals surface area (Å²) in [5.74, 6) is 0. The molecule has 1 saturated carbocycles. The second-order valence-corrected chi connectivity index (χ2v) is 6.63. The van der Waals surface area contributed by atoms with Crippen molar-refractivity contribution < 1.29 is 4.74 Å². The van der Waals surface area contributed by atoms with Gasteiger partial charge in [-0.05, 0) is 32.6 Å². The molecule has 1 aliphatic carbocycles. The van der Waals surface area contributed by atoms with Crippen LogP contribution in [0.4, 0.5) is 0 Å². The Bertz CT molecular complexity index is 398. The van der Waals surface area contributed by atoms with Crippen LogP contribution in [0, 0.1) is 6.92 Å². The molecule has 4 heteroatoms. The topological polar surface area (TPSA) is 34.1 Å². The molecule has 1 spiro atoms. The molecule has 100 valence electrons. The lowest BCUT2D eigenvalue weighted by atomic mass is 9.89. The van der Waals surface area contributed by atoms with E-state index in [1.165, 1.54) is 37.1 Å². The zero-order valence-electron chi connectivity index (χ0n) is 11.1. The van der Waals surface area contributed by atoms with Gasteiger partial charge in [0.25, 0.3) is 0 Å². The van der Waals surface area contributed by atoms with Crippen LogP contribution in [-0.2, 0) is 11.3 Å². The van der Waals surface area contributed by atoms with E-state index >= 15 is 0 Å². The van der Waals surface area contributed by atoms with E-state index in [0.717, 1.165) is 25.3 Å². The standard InChI is InChI=1S/C14H22N2OS/c1-11-10-18-13(16-11)9-15-12-4-7-17-14(8-12)5-2-3-6-14/h10,12,15H,2-9H2,1H3. The SMILES string of the molecule is Cc1csc(CNC2CCOC3(CCCC3)C2)n1. The average Bonchev–Trinajstić information content (AvgIpc) is 2.97. The van der Waals surface area contributed by atoms with E-state index in [1.54, 1.807) is 11.3 Å². The fourth-order valence-electron chi connectivity index (χ4n) is 3.29. The molecule has 1 saturated heterocycles. The highest BCUT2D eigenvalue weighted by Gasteiger charge is 2.39. The highest BCUT2D eigenvalue weighted by atomic mass is 32.1. The number of aromatic nitrogens is 1. The molecule has 2 heterocycles. The third kappa shape index (κ3) is 2.76. The van der Waals surface area contributed by atoms with Gasteiger partial charge in [0.15, 0.2) is 0 Å².